The van der Waals surface area contributed by atoms with Gasteiger partial charge in [-0.15, -0.1) is 0 Å². The molecule has 0 spiro atoms. The number of fused-ring (bicyclic) bond motifs is 5. The molecule has 1 aromatic carbocycles. The van der Waals surface area contributed by atoms with Crippen molar-refractivity contribution in [2.45, 2.75) is 6.42 Å². The topological polar surface area (TPSA) is 43.6 Å². The molecule has 3 heterocycles. The Kier molecular flexibility index (Phi) is 2.65. The lowest BCUT2D eigenvalue weighted by molar-refractivity contribution is 0.964. The van der Waals surface area contributed by atoms with E-state index in [4.69, 9.17) is 11.6 Å². The van der Waals surface area contributed by atoms with Crippen molar-refractivity contribution in [3.63, 3.8) is 0 Å². The second-order valence-corrected chi connectivity index (χ2v) is 5.86. The molecule has 1 aliphatic heterocycles. The molecule has 4 nitrogen and oxygen atoms in total. The Hall–Kier alpha value is -1.72. The minimum atomic E-state index is 0.524. The lowest BCUT2D eigenvalue weighted by atomic mass is 10.0. The molecule has 0 bridgehead atoms. The summed E-state index contributed by atoms with van der Waals surface area (Å²) >= 11 is 9.73. The van der Waals surface area contributed by atoms with E-state index in [1.165, 1.54) is 0 Å². The van der Waals surface area contributed by atoms with E-state index in [1.807, 2.05) is 22.9 Å². The van der Waals surface area contributed by atoms with Crippen molar-refractivity contribution < 1.29 is 0 Å². The third kappa shape index (κ3) is 1.70. The van der Waals surface area contributed by atoms with Crippen LogP contribution in [0.15, 0.2) is 41.5 Å². The maximum Gasteiger partial charge on any atom is 0.150 e. The second-order valence-electron chi connectivity index (χ2n) is 4.59. The zero-order chi connectivity index (χ0) is 13.7. The zero-order valence-corrected chi connectivity index (χ0v) is 12.6. The first kappa shape index (κ1) is 12.1. The van der Waals surface area contributed by atoms with Gasteiger partial charge in [0.25, 0.3) is 0 Å². The molecule has 0 saturated carbocycles. The summed E-state index contributed by atoms with van der Waals surface area (Å²) in [5.41, 5.74) is 5.03. The largest absolute Gasteiger partial charge is 0.301 e. The summed E-state index contributed by atoms with van der Waals surface area (Å²) in [4.78, 5) is 12.8. The summed E-state index contributed by atoms with van der Waals surface area (Å²) in [6, 6.07) is 6.10. The quantitative estimate of drug-likeness (QED) is 0.488. The van der Waals surface area contributed by atoms with Crippen molar-refractivity contribution in [1.29, 1.82) is 0 Å². The molecule has 3 aromatic rings. The van der Waals surface area contributed by atoms with Gasteiger partial charge in [0.15, 0.2) is 5.15 Å². The van der Waals surface area contributed by atoms with Crippen LogP contribution < -0.4 is 0 Å². The lowest BCUT2D eigenvalue weighted by Crippen LogP contribution is -1.98. The molecular weight excluding hydrogens is 340 g/mol. The van der Waals surface area contributed by atoms with Gasteiger partial charge in [0, 0.05) is 28.2 Å². The monoisotopic (exact) mass is 346 g/mol. The smallest absolute Gasteiger partial charge is 0.150 e. The van der Waals surface area contributed by atoms with Gasteiger partial charge in [-0.05, 0) is 18.2 Å². The molecule has 0 unspecified atom stereocenters. The summed E-state index contributed by atoms with van der Waals surface area (Å²) in [7, 11) is 0. The van der Waals surface area contributed by atoms with E-state index >= 15 is 0 Å². The molecule has 0 amide bonds. The Morgan fingerprint density at radius 1 is 1.25 bits per heavy atom. The first-order valence-corrected chi connectivity index (χ1v) is 7.22. The first-order valence-electron chi connectivity index (χ1n) is 6.05. The van der Waals surface area contributed by atoms with E-state index in [-0.39, 0.29) is 0 Å². The fraction of sp³-hybridized carbons (Fsp3) is 0.0714. The van der Waals surface area contributed by atoms with E-state index in [9.17, 15) is 0 Å². The molecule has 0 radical (unpaired) electrons. The van der Waals surface area contributed by atoms with Crippen LogP contribution in [0.3, 0.4) is 0 Å². The maximum atomic E-state index is 6.21. The average Bonchev–Trinajstić information content (AvgIpc) is 2.74. The van der Waals surface area contributed by atoms with Crippen LogP contribution in [-0.2, 0) is 6.42 Å². The van der Waals surface area contributed by atoms with Crippen LogP contribution >= 0.6 is 27.5 Å². The third-order valence-corrected chi connectivity index (χ3v) is 4.24. The van der Waals surface area contributed by atoms with Gasteiger partial charge in [-0.1, -0.05) is 27.5 Å². The average molecular weight is 348 g/mol. The summed E-state index contributed by atoms with van der Waals surface area (Å²) in [6.45, 7) is 0. The molecule has 2 aromatic heterocycles. The van der Waals surface area contributed by atoms with Crippen molar-refractivity contribution in [2.75, 3.05) is 0 Å². The second kappa shape index (κ2) is 4.40. The van der Waals surface area contributed by atoms with Crippen LogP contribution in [0.25, 0.3) is 16.9 Å². The summed E-state index contributed by atoms with van der Waals surface area (Å²) in [5, 5.41) is 0.524. The molecule has 0 aliphatic carbocycles. The fourth-order valence-corrected chi connectivity index (χ4v) is 3.10. The van der Waals surface area contributed by atoms with Crippen LogP contribution in [0.1, 0.15) is 11.3 Å². The molecular formula is C14H8BrClN4. The van der Waals surface area contributed by atoms with E-state index < -0.39 is 0 Å². The normalized spacial score (nSPS) is 12.3. The minimum Gasteiger partial charge on any atom is -0.301 e. The number of nitrogens with zero attached hydrogens (tertiary/aromatic N) is 4. The summed E-state index contributed by atoms with van der Waals surface area (Å²) < 4.78 is 3.03. The van der Waals surface area contributed by atoms with Crippen LogP contribution in [0.5, 0.6) is 0 Å². The molecule has 20 heavy (non-hydrogen) atoms. The predicted octanol–water partition coefficient (Wildman–Crippen LogP) is 3.65. The van der Waals surface area contributed by atoms with Crippen molar-refractivity contribution in [3.8, 4) is 16.9 Å². The van der Waals surface area contributed by atoms with Crippen molar-refractivity contribution in [2.24, 2.45) is 0 Å². The number of imidazole rings is 1. The number of hydrogen-bond donors (Lipinski definition) is 0. The van der Waals surface area contributed by atoms with Gasteiger partial charge in [0.2, 0.25) is 0 Å². The van der Waals surface area contributed by atoms with Crippen LogP contribution in [0, 0.1) is 0 Å². The Balaban J connectivity index is 2.13. The molecule has 1 aliphatic rings. The Bertz CT molecular complexity index is 828. The van der Waals surface area contributed by atoms with E-state index in [0.717, 1.165) is 32.7 Å². The molecule has 0 fully saturated rings. The highest BCUT2D eigenvalue weighted by Gasteiger charge is 2.22. The van der Waals surface area contributed by atoms with Crippen LogP contribution in [-0.4, -0.2) is 19.5 Å². The Labute approximate surface area is 128 Å². The van der Waals surface area contributed by atoms with Gasteiger partial charge in [-0.25, -0.2) is 15.0 Å². The number of halogens is 2. The number of aromatic nitrogens is 4. The number of hydrogen-bond acceptors (Lipinski definition) is 3. The predicted molar refractivity (Wildman–Crippen MR) is 80.1 cm³/mol. The van der Waals surface area contributed by atoms with E-state index in [2.05, 4.69) is 36.9 Å². The molecule has 6 heteroatoms. The molecule has 98 valence electrons. The summed E-state index contributed by atoms with van der Waals surface area (Å²) in [5.74, 6) is 0. The van der Waals surface area contributed by atoms with Gasteiger partial charge < -0.3 is 4.57 Å². The van der Waals surface area contributed by atoms with Crippen molar-refractivity contribution >= 4 is 27.5 Å². The Morgan fingerprint density at radius 3 is 3.05 bits per heavy atom. The third-order valence-electron chi connectivity index (χ3n) is 3.43. The number of rotatable bonds is 0. The Morgan fingerprint density at radius 2 is 2.15 bits per heavy atom. The highest BCUT2D eigenvalue weighted by atomic mass is 79.9. The highest BCUT2D eigenvalue weighted by molar-refractivity contribution is 9.10. The van der Waals surface area contributed by atoms with Gasteiger partial charge in [-0.2, -0.15) is 0 Å². The zero-order valence-electron chi connectivity index (χ0n) is 10.2. The maximum absolute atomic E-state index is 6.21. The molecule has 0 N–H and O–H groups in total. The molecule has 0 saturated heterocycles. The summed E-state index contributed by atoms with van der Waals surface area (Å²) in [6.07, 6.45) is 5.83. The van der Waals surface area contributed by atoms with Gasteiger partial charge in [0.05, 0.1) is 17.1 Å². The SMILES string of the molecule is Clc1ncn2c1Cc1cncnc1-c1cc(Br)ccc1-2. The fourth-order valence-electron chi connectivity index (χ4n) is 2.54. The van der Waals surface area contributed by atoms with Crippen molar-refractivity contribution in [3.05, 3.63) is 57.9 Å². The molecule has 4 rings (SSSR count). The van der Waals surface area contributed by atoms with Gasteiger partial charge in [0.1, 0.15) is 12.7 Å². The minimum absolute atomic E-state index is 0.524. The standard InChI is InChI=1S/C14H8BrClN4/c15-9-1-2-11-10(4-9)13-8(5-17-6-18-13)3-12-14(16)19-7-20(11)12/h1-2,4-7H,3H2. The molecule has 0 atom stereocenters. The van der Waals surface area contributed by atoms with Gasteiger partial charge >= 0.3 is 0 Å². The van der Waals surface area contributed by atoms with Gasteiger partial charge in [-0.3, -0.25) is 0 Å². The van der Waals surface area contributed by atoms with E-state index in [1.54, 1.807) is 12.7 Å². The number of benzene rings is 1. The van der Waals surface area contributed by atoms with Crippen LogP contribution in [0.4, 0.5) is 0 Å². The lowest BCUT2D eigenvalue weighted by Gasteiger charge is -2.09. The van der Waals surface area contributed by atoms with Crippen molar-refractivity contribution in [1.82, 2.24) is 19.5 Å². The first-order chi connectivity index (χ1) is 9.74. The van der Waals surface area contributed by atoms with Crippen LogP contribution in [0.2, 0.25) is 5.15 Å². The highest BCUT2D eigenvalue weighted by Crippen LogP contribution is 2.36. The van der Waals surface area contributed by atoms with E-state index in [0.29, 0.717) is 11.6 Å².